The predicted molar refractivity (Wildman–Crippen MR) is 103 cm³/mol. The van der Waals surface area contributed by atoms with Crippen LogP contribution in [0.25, 0.3) is 0 Å². The van der Waals surface area contributed by atoms with Crippen LogP contribution in [-0.4, -0.2) is 22.9 Å². The summed E-state index contributed by atoms with van der Waals surface area (Å²) >= 11 is 1.50. The summed E-state index contributed by atoms with van der Waals surface area (Å²) in [6.07, 6.45) is 2.38. The van der Waals surface area contributed by atoms with Crippen molar-refractivity contribution >= 4 is 29.1 Å². The van der Waals surface area contributed by atoms with Crippen molar-refractivity contribution in [2.45, 2.75) is 47.0 Å². The van der Waals surface area contributed by atoms with E-state index in [1.807, 2.05) is 27.7 Å². The Morgan fingerprint density at radius 1 is 1.15 bits per heavy atom. The Bertz CT molecular complexity index is 822. The van der Waals surface area contributed by atoms with Gasteiger partial charge in [0.25, 0.3) is 5.91 Å². The fourth-order valence-corrected chi connectivity index (χ4v) is 5.92. The molecule has 0 unspecified atom stereocenters. The van der Waals surface area contributed by atoms with Gasteiger partial charge in [-0.15, -0.1) is 11.3 Å². The lowest BCUT2D eigenvalue weighted by atomic mass is 9.79. The van der Waals surface area contributed by atoms with E-state index < -0.39 is 23.7 Å². The molecule has 1 heterocycles. The number of thiophene rings is 1. The maximum Gasteiger partial charge on any atom is 0.307 e. The lowest BCUT2D eigenvalue weighted by Crippen LogP contribution is -2.48. The summed E-state index contributed by atoms with van der Waals surface area (Å²) in [5, 5.41) is 11.5. The Hall–Kier alpha value is -2.15. The number of amides is 2. The summed E-state index contributed by atoms with van der Waals surface area (Å²) in [7, 11) is 0. The molecule has 7 heteroatoms. The van der Waals surface area contributed by atoms with Crippen LogP contribution in [0.4, 0.5) is 0 Å². The summed E-state index contributed by atoms with van der Waals surface area (Å²) in [4.78, 5) is 38.2. The van der Waals surface area contributed by atoms with E-state index in [4.69, 9.17) is 0 Å². The Morgan fingerprint density at radius 2 is 1.78 bits per heavy atom. The third kappa shape index (κ3) is 3.29. The van der Waals surface area contributed by atoms with Crippen LogP contribution < -0.4 is 10.9 Å². The number of fused-ring (bicyclic) bond motifs is 2. The van der Waals surface area contributed by atoms with Crippen molar-refractivity contribution in [3.05, 3.63) is 32.5 Å². The first-order valence-electron chi connectivity index (χ1n) is 9.35. The molecule has 2 fully saturated rings. The molecule has 2 bridgehead atoms. The fraction of sp³-hybridized carbons (Fsp3) is 0.550. The predicted octanol–water partition coefficient (Wildman–Crippen LogP) is 3.07. The van der Waals surface area contributed by atoms with Crippen LogP contribution in [0.1, 0.15) is 54.4 Å². The van der Waals surface area contributed by atoms with Crippen molar-refractivity contribution in [1.29, 1.82) is 0 Å². The Balaban J connectivity index is 1.75. The monoisotopic (exact) mass is 390 g/mol. The SMILES string of the molecule is CCc1c(C(=O)NNC(=O)[C@@H]2[C@@H](C(=O)O)[C@@H]3CC[C@@H]2C3=C(C)C)csc1C. The number of carbonyl (C=O) groups excluding carboxylic acids is 2. The molecule has 0 saturated heterocycles. The van der Waals surface area contributed by atoms with Crippen LogP contribution >= 0.6 is 11.3 Å². The standard InChI is InChI=1S/C20H26N2O4S/c1-5-11-10(4)27-8-14(11)18(23)21-22-19(24)16-12-6-7-13(15(12)9(2)3)17(16)20(25)26/h8,12-13,16-17H,5-7H2,1-4H3,(H,21,23)(H,22,24)(H,25,26)/t12-,13-,16+,17+/m1/s1. The third-order valence-electron chi connectivity index (χ3n) is 6.01. The summed E-state index contributed by atoms with van der Waals surface area (Å²) in [6, 6.07) is 0. The molecule has 2 aliphatic rings. The molecule has 1 aromatic heterocycles. The van der Waals surface area contributed by atoms with Gasteiger partial charge in [-0.25, -0.2) is 0 Å². The number of rotatable bonds is 4. The molecule has 6 nitrogen and oxygen atoms in total. The van der Waals surface area contributed by atoms with Crippen LogP contribution in [0.2, 0.25) is 0 Å². The second-order valence-electron chi connectivity index (χ2n) is 7.62. The van der Waals surface area contributed by atoms with Gasteiger partial charge >= 0.3 is 5.97 Å². The van der Waals surface area contributed by atoms with E-state index in [1.54, 1.807) is 5.38 Å². The van der Waals surface area contributed by atoms with Gasteiger partial charge in [-0.1, -0.05) is 18.1 Å². The average Bonchev–Trinajstić information content (AvgIpc) is 3.29. The lowest BCUT2D eigenvalue weighted by Gasteiger charge is -2.26. The number of nitrogens with one attached hydrogen (secondary N) is 2. The van der Waals surface area contributed by atoms with Crippen molar-refractivity contribution in [1.82, 2.24) is 10.9 Å². The summed E-state index contributed by atoms with van der Waals surface area (Å²) in [5.41, 5.74) is 8.74. The molecule has 1 aromatic rings. The number of carboxylic acid groups (broad SMARTS) is 1. The summed E-state index contributed by atoms with van der Waals surface area (Å²) < 4.78 is 0. The zero-order valence-electron chi connectivity index (χ0n) is 16.1. The second kappa shape index (κ2) is 7.46. The third-order valence-corrected chi connectivity index (χ3v) is 6.96. The van der Waals surface area contributed by atoms with Gasteiger partial charge in [0.2, 0.25) is 5.91 Å². The maximum atomic E-state index is 12.8. The zero-order valence-corrected chi connectivity index (χ0v) is 16.9. The number of hydrogen-bond donors (Lipinski definition) is 3. The minimum atomic E-state index is -0.936. The highest BCUT2D eigenvalue weighted by atomic mass is 32.1. The van der Waals surface area contributed by atoms with Crippen LogP contribution in [0, 0.1) is 30.6 Å². The number of allylic oxidation sites excluding steroid dienone is 2. The second-order valence-corrected chi connectivity index (χ2v) is 8.70. The molecule has 4 atom stereocenters. The average molecular weight is 391 g/mol. The number of hydrazine groups is 1. The summed E-state index contributed by atoms with van der Waals surface area (Å²) in [6.45, 7) is 7.91. The number of aryl methyl sites for hydroxylation is 1. The molecule has 0 aromatic carbocycles. The van der Waals surface area contributed by atoms with E-state index in [0.717, 1.165) is 40.8 Å². The number of carbonyl (C=O) groups is 3. The van der Waals surface area contributed by atoms with Crippen molar-refractivity contribution in [3.63, 3.8) is 0 Å². The van der Waals surface area contributed by atoms with E-state index in [2.05, 4.69) is 10.9 Å². The van der Waals surface area contributed by atoms with Crippen molar-refractivity contribution in [2.75, 3.05) is 0 Å². The smallest absolute Gasteiger partial charge is 0.307 e. The van der Waals surface area contributed by atoms with Gasteiger partial charge in [0.15, 0.2) is 0 Å². The van der Waals surface area contributed by atoms with Gasteiger partial charge in [-0.3, -0.25) is 25.2 Å². The van der Waals surface area contributed by atoms with Crippen LogP contribution in [0.5, 0.6) is 0 Å². The molecule has 2 saturated carbocycles. The van der Waals surface area contributed by atoms with Gasteiger partial charge in [-0.2, -0.15) is 0 Å². The maximum absolute atomic E-state index is 12.8. The molecule has 3 N–H and O–H groups in total. The molecule has 0 aliphatic heterocycles. The number of aliphatic carboxylic acids is 1. The molecule has 2 aliphatic carbocycles. The molecule has 2 amide bonds. The first-order valence-corrected chi connectivity index (χ1v) is 10.2. The van der Waals surface area contributed by atoms with Crippen LogP contribution in [0.15, 0.2) is 16.5 Å². The highest BCUT2D eigenvalue weighted by Gasteiger charge is 2.57. The quantitative estimate of drug-likeness (QED) is 0.544. The van der Waals surface area contributed by atoms with E-state index in [1.165, 1.54) is 11.3 Å². The topological polar surface area (TPSA) is 95.5 Å². The Kier molecular flexibility index (Phi) is 5.42. The Morgan fingerprint density at radius 3 is 2.33 bits per heavy atom. The molecular formula is C20H26N2O4S. The molecule has 0 spiro atoms. The molecular weight excluding hydrogens is 364 g/mol. The number of hydrogen-bond acceptors (Lipinski definition) is 4. The van der Waals surface area contributed by atoms with E-state index in [-0.39, 0.29) is 17.7 Å². The molecule has 146 valence electrons. The highest BCUT2D eigenvalue weighted by molar-refractivity contribution is 7.10. The highest BCUT2D eigenvalue weighted by Crippen LogP contribution is 2.57. The van der Waals surface area contributed by atoms with Crippen molar-refractivity contribution in [3.8, 4) is 0 Å². The van der Waals surface area contributed by atoms with Gasteiger partial charge < -0.3 is 5.11 Å². The Labute approximate surface area is 163 Å². The van der Waals surface area contributed by atoms with Gasteiger partial charge in [-0.05, 0) is 57.4 Å². The van der Waals surface area contributed by atoms with Gasteiger partial charge in [0.1, 0.15) is 0 Å². The first-order chi connectivity index (χ1) is 12.8. The zero-order chi connectivity index (χ0) is 19.9. The molecule has 27 heavy (non-hydrogen) atoms. The minimum Gasteiger partial charge on any atom is -0.481 e. The first kappa shape index (κ1) is 19.6. The van der Waals surface area contributed by atoms with Crippen molar-refractivity contribution < 1.29 is 19.5 Å². The molecule has 3 rings (SSSR count). The normalized spacial score (nSPS) is 26.1. The largest absolute Gasteiger partial charge is 0.481 e. The van der Waals surface area contributed by atoms with Crippen molar-refractivity contribution in [2.24, 2.45) is 23.7 Å². The fourth-order valence-electron chi connectivity index (χ4n) is 4.98. The van der Waals surface area contributed by atoms with E-state index in [0.29, 0.717) is 5.56 Å². The number of carboxylic acids is 1. The molecule has 0 radical (unpaired) electrons. The van der Waals surface area contributed by atoms with Gasteiger partial charge in [0, 0.05) is 10.3 Å². The summed E-state index contributed by atoms with van der Waals surface area (Å²) in [5.74, 6) is -3.19. The van der Waals surface area contributed by atoms with E-state index in [9.17, 15) is 19.5 Å². The lowest BCUT2D eigenvalue weighted by molar-refractivity contribution is -0.149. The minimum absolute atomic E-state index is 0.0485. The van der Waals surface area contributed by atoms with E-state index >= 15 is 0 Å². The van der Waals surface area contributed by atoms with Crippen LogP contribution in [-0.2, 0) is 16.0 Å². The van der Waals surface area contributed by atoms with Gasteiger partial charge in [0.05, 0.1) is 17.4 Å². The van der Waals surface area contributed by atoms with Crippen LogP contribution in [0.3, 0.4) is 0 Å².